The third-order valence-corrected chi connectivity index (χ3v) is 11.6. The Labute approximate surface area is 291 Å². The molecule has 49 heavy (non-hydrogen) atoms. The number of aromatic nitrogens is 2. The summed E-state index contributed by atoms with van der Waals surface area (Å²) < 4.78 is 13.5. The third kappa shape index (κ3) is 7.67. The lowest BCUT2D eigenvalue weighted by Crippen LogP contribution is -2.59. The Hall–Kier alpha value is -3.85. The molecule has 0 radical (unpaired) electrons. The predicted octanol–water partition coefficient (Wildman–Crippen LogP) is 7.45. The van der Waals surface area contributed by atoms with Crippen LogP contribution in [-0.2, 0) is 9.53 Å². The fourth-order valence-electron chi connectivity index (χ4n) is 8.09. The number of carbonyl (C=O) groups excluding carboxylic acids is 2. The number of anilines is 1. The average Bonchev–Trinajstić information content (AvgIpc) is 3.82. The molecule has 0 bridgehead atoms. The normalized spacial score (nSPS) is 24.4. The lowest BCUT2D eigenvalue weighted by molar-refractivity contribution is -0.124. The van der Waals surface area contributed by atoms with E-state index in [0.717, 1.165) is 93.6 Å². The molecule has 1 saturated heterocycles. The Balaban J connectivity index is 1.02. The van der Waals surface area contributed by atoms with E-state index in [2.05, 4.69) is 75.2 Å². The van der Waals surface area contributed by atoms with Crippen LogP contribution < -0.4 is 9.64 Å². The molecular weight excluding hydrogens is 614 g/mol. The number of likely N-dealkylation sites (N-methyl/N-ethyl adjacent to an activating group) is 1. The van der Waals surface area contributed by atoms with Gasteiger partial charge in [0.05, 0.1) is 19.3 Å². The molecule has 2 amide bonds. The van der Waals surface area contributed by atoms with Gasteiger partial charge in [-0.05, 0) is 132 Å². The highest BCUT2D eigenvalue weighted by atomic mass is 16.6. The van der Waals surface area contributed by atoms with Crippen LogP contribution in [0, 0.1) is 18.8 Å². The Morgan fingerprint density at radius 3 is 2.33 bits per heavy atom. The summed E-state index contributed by atoms with van der Waals surface area (Å²) in [5, 5.41) is 4.63. The number of likely N-dealkylation sites (tertiary alicyclic amines) is 1. The average molecular weight is 668 g/mol. The molecule has 7 rings (SSSR count). The maximum atomic E-state index is 14.5. The summed E-state index contributed by atoms with van der Waals surface area (Å²) in [6.07, 6.45) is 13.6. The molecule has 1 aliphatic heterocycles. The van der Waals surface area contributed by atoms with Gasteiger partial charge in [0.1, 0.15) is 11.9 Å². The van der Waals surface area contributed by atoms with E-state index in [1.54, 1.807) is 12.0 Å². The summed E-state index contributed by atoms with van der Waals surface area (Å²) in [5.74, 6) is 2.06. The fourth-order valence-corrected chi connectivity index (χ4v) is 8.09. The number of hydrogen-bond donors (Lipinski definition) is 0. The second-order valence-electron chi connectivity index (χ2n) is 15.3. The van der Waals surface area contributed by atoms with Crippen molar-refractivity contribution in [2.45, 2.75) is 95.2 Å². The number of aryl methyl sites for hydroxylation is 1. The summed E-state index contributed by atoms with van der Waals surface area (Å²) in [7, 11) is 5.82. The van der Waals surface area contributed by atoms with Gasteiger partial charge in [-0.3, -0.25) is 9.48 Å². The maximum Gasteiger partial charge on any atom is 0.410 e. The van der Waals surface area contributed by atoms with Crippen LogP contribution in [0.15, 0.2) is 54.9 Å². The van der Waals surface area contributed by atoms with E-state index in [0.29, 0.717) is 23.9 Å². The van der Waals surface area contributed by atoms with Crippen LogP contribution in [0.4, 0.5) is 10.5 Å². The SMILES string of the molecule is COc1ccc([C@H]2CC[C@H](CN(c3cccc(-c4cnn(C5CC5)c4)c3)C(=O)[C@H]3CC[C@H](OC(=O)N4CC(N(C)C)C4)CC3)CC2)cc1C. The summed E-state index contributed by atoms with van der Waals surface area (Å²) in [5.41, 5.74) is 5.74. The van der Waals surface area contributed by atoms with Gasteiger partial charge in [-0.1, -0.05) is 24.3 Å². The van der Waals surface area contributed by atoms with Crippen LogP contribution in [0.1, 0.15) is 87.3 Å². The van der Waals surface area contributed by atoms with Gasteiger partial charge in [0.2, 0.25) is 5.91 Å². The lowest BCUT2D eigenvalue weighted by Gasteiger charge is -2.42. The minimum atomic E-state index is -0.211. The van der Waals surface area contributed by atoms with Gasteiger partial charge in [-0.15, -0.1) is 0 Å². The zero-order valence-corrected chi connectivity index (χ0v) is 29.7. The predicted molar refractivity (Wildman–Crippen MR) is 192 cm³/mol. The van der Waals surface area contributed by atoms with E-state index >= 15 is 0 Å². The zero-order chi connectivity index (χ0) is 34.1. The molecule has 3 aliphatic carbocycles. The lowest BCUT2D eigenvalue weighted by atomic mass is 9.78. The molecule has 3 saturated carbocycles. The molecule has 4 fully saturated rings. The molecule has 0 N–H and O–H groups in total. The molecule has 9 heteroatoms. The summed E-state index contributed by atoms with van der Waals surface area (Å²) in [6, 6.07) is 16.0. The first-order chi connectivity index (χ1) is 23.7. The van der Waals surface area contributed by atoms with Crippen LogP contribution in [0.5, 0.6) is 5.75 Å². The minimum absolute atomic E-state index is 0.0723. The van der Waals surface area contributed by atoms with Crippen molar-refractivity contribution in [2.24, 2.45) is 11.8 Å². The van der Waals surface area contributed by atoms with Gasteiger partial charge in [0.25, 0.3) is 0 Å². The Morgan fingerprint density at radius 1 is 0.898 bits per heavy atom. The van der Waals surface area contributed by atoms with Crippen molar-refractivity contribution in [3.8, 4) is 16.9 Å². The number of amides is 2. The number of nitrogens with zero attached hydrogens (tertiary/aromatic N) is 5. The second-order valence-corrected chi connectivity index (χ2v) is 15.3. The van der Waals surface area contributed by atoms with E-state index < -0.39 is 0 Å². The second kappa shape index (κ2) is 14.6. The molecule has 4 aliphatic rings. The number of methoxy groups -OCH3 is 1. The molecular formula is C40H53N5O4. The van der Waals surface area contributed by atoms with E-state index in [1.165, 1.54) is 24.0 Å². The highest BCUT2D eigenvalue weighted by molar-refractivity contribution is 5.95. The molecule has 0 atom stereocenters. The van der Waals surface area contributed by atoms with E-state index in [-0.39, 0.29) is 24.0 Å². The van der Waals surface area contributed by atoms with Crippen LogP contribution in [-0.4, -0.2) is 84.6 Å². The van der Waals surface area contributed by atoms with Gasteiger partial charge in [-0.2, -0.15) is 5.10 Å². The van der Waals surface area contributed by atoms with E-state index in [4.69, 9.17) is 9.47 Å². The molecule has 9 nitrogen and oxygen atoms in total. The van der Waals surface area contributed by atoms with Crippen molar-refractivity contribution in [3.63, 3.8) is 0 Å². The largest absolute Gasteiger partial charge is 0.496 e. The van der Waals surface area contributed by atoms with Crippen LogP contribution in [0.3, 0.4) is 0 Å². The summed E-state index contributed by atoms with van der Waals surface area (Å²) in [4.78, 5) is 33.2. The molecule has 3 aromatic rings. The first-order valence-electron chi connectivity index (χ1n) is 18.5. The third-order valence-electron chi connectivity index (χ3n) is 11.6. The molecule has 1 aromatic heterocycles. The number of carbonyl (C=O) groups is 2. The van der Waals surface area contributed by atoms with E-state index in [9.17, 15) is 9.59 Å². The van der Waals surface area contributed by atoms with Crippen molar-refractivity contribution < 1.29 is 19.1 Å². The highest BCUT2D eigenvalue weighted by Crippen LogP contribution is 2.40. The standard InChI is InChI=1S/C40H53N5O4/c1-27-20-32(14-19-38(27)48-4)29-10-8-28(9-11-29)23-44(35-7-5-6-31(21-35)33-22-41-45(24-33)34-15-16-34)39(46)30-12-17-37(18-13-30)49-40(47)43-25-36(26-43)42(2)3/h5-7,14,19-22,24,28-30,34,36-37H,8-13,15-18,23,25-26H2,1-4H3/t28-,29-,30-,37-. The van der Waals surface area contributed by atoms with Gasteiger partial charge >= 0.3 is 6.09 Å². The van der Waals surface area contributed by atoms with Gasteiger partial charge in [-0.25, -0.2) is 4.79 Å². The monoisotopic (exact) mass is 667 g/mol. The molecule has 2 aromatic carbocycles. The smallest absolute Gasteiger partial charge is 0.410 e. The highest BCUT2D eigenvalue weighted by Gasteiger charge is 2.37. The number of hydrogen-bond acceptors (Lipinski definition) is 6. The Morgan fingerprint density at radius 2 is 1.65 bits per heavy atom. The van der Waals surface area contributed by atoms with Crippen molar-refractivity contribution in [1.29, 1.82) is 0 Å². The van der Waals surface area contributed by atoms with Crippen molar-refractivity contribution in [3.05, 3.63) is 66.0 Å². The quantitative estimate of drug-likeness (QED) is 0.224. The number of rotatable bonds is 10. The van der Waals surface area contributed by atoms with Crippen molar-refractivity contribution in [2.75, 3.05) is 45.7 Å². The zero-order valence-electron chi connectivity index (χ0n) is 29.7. The molecule has 0 unspecified atom stereocenters. The molecule has 2 heterocycles. The summed E-state index contributed by atoms with van der Waals surface area (Å²) in [6.45, 7) is 4.29. The number of ether oxygens (including phenoxy) is 2. The number of benzene rings is 2. The van der Waals surface area contributed by atoms with Crippen LogP contribution in [0.2, 0.25) is 0 Å². The van der Waals surface area contributed by atoms with Crippen molar-refractivity contribution >= 4 is 17.7 Å². The van der Waals surface area contributed by atoms with Crippen LogP contribution in [0.25, 0.3) is 11.1 Å². The Bertz CT molecular complexity index is 1610. The van der Waals surface area contributed by atoms with Crippen molar-refractivity contribution in [1.82, 2.24) is 19.6 Å². The van der Waals surface area contributed by atoms with Gasteiger partial charge < -0.3 is 24.2 Å². The molecule has 0 spiro atoms. The van der Waals surface area contributed by atoms with Gasteiger partial charge in [0, 0.05) is 49.0 Å². The van der Waals surface area contributed by atoms with E-state index in [1.807, 2.05) is 20.3 Å². The van der Waals surface area contributed by atoms with Gasteiger partial charge in [0.15, 0.2) is 0 Å². The molecule has 262 valence electrons. The Kier molecular flexibility index (Phi) is 9.99. The maximum absolute atomic E-state index is 14.5. The first kappa shape index (κ1) is 33.6. The summed E-state index contributed by atoms with van der Waals surface area (Å²) >= 11 is 0. The topological polar surface area (TPSA) is 80.1 Å². The first-order valence-corrected chi connectivity index (χ1v) is 18.5. The van der Waals surface area contributed by atoms with Crippen LogP contribution >= 0.6 is 0 Å². The minimum Gasteiger partial charge on any atom is -0.496 e. The fraction of sp³-hybridized carbons (Fsp3) is 0.575.